The second kappa shape index (κ2) is 6.44. The predicted molar refractivity (Wildman–Crippen MR) is 83.4 cm³/mol. The van der Waals surface area contributed by atoms with Crippen LogP contribution in [0, 0.1) is 12.7 Å². The average Bonchev–Trinajstić information content (AvgIpc) is 3.01. The molecule has 0 aliphatic carbocycles. The van der Waals surface area contributed by atoms with Gasteiger partial charge in [0.1, 0.15) is 5.82 Å². The highest BCUT2D eigenvalue weighted by molar-refractivity contribution is 5.92. The van der Waals surface area contributed by atoms with Gasteiger partial charge in [-0.25, -0.2) is 4.39 Å². The number of nitrogens with one attached hydrogen (secondary N) is 1. The molecule has 1 atom stereocenters. The van der Waals surface area contributed by atoms with Crippen LogP contribution in [0.2, 0.25) is 0 Å². The van der Waals surface area contributed by atoms with E-state index in [0.717, 1.165) is 11.1 Å². The Morgan fingerprint density at radius 1 is 1.09 bits per heavy atom. The molecule has 0 saturated heterocycles. The van der Waals surface area contributed by atoms with Gasteiger partial charge in [-0.2, -0.15) is 0 Å². The highest BCUT2D eigenvalue weighted by Crippen LogP contribution is 2.23. The molecule has 116 valence electrons. The first-order chi connectivity index (χ1) is 11.1. The van der Waals surface area contributed by atoms with Gasteiger partial charge in [-0.15, -0.1) is 0 Å². The summed E-state index contributed by atoms with van der Waals surface area (Å²) in [6.07, 6.45) is 0. The zero-order chi connectivity index (χ0) is 16.2. The van der Waals surface area contributed by atoms with E-state index in [0.29, 0.717) is 5.69 Å². The largest absolute Gasteiger partial charge is 0.351 e. The highest BCUT2D eigenvalue weighted by Gasteiger charge is 2.20. The highest BCUT2D eigenvalue weighted by atomic mass is 19.1. The van der Waals surface area contributed by atoms with E-state index in [-0.39, 0.29) is 17.5 Å². The summed E-state index contributed by atoms with van der Waals surface area (Å²) in [6.45, 7) is 1.74. The predicted octanol–water partition coefficient (Wildman–Crippen LogP) is 3.64. The summed E-state index contributed by atoms with van der Waals surface area (Å²) in [7, 11) is 0. The molecule has 0 aliphatic rings. The van der Waals surface area contributed by atoms with Crippen molar-refractivity contribution in [2.75, 3.05) is 0 Å². The number of amides is 1. The number of aromatic nitrogens is 1. The summed E-state index contributed by atoms with van der Waals surface area (Å²) in [5.74, 6) is -0.549. The van der Waals surface area contributed by atoms with Gasteiger partial charge in [-0.05, 0) is 30.2 Å². The van der Waals surface area contributed by atoms with E-state index < -0.39 is 6.04 Å². The summed E-state index contributed by atoms with van der Waals surface area (Å²) >= 11 is 0. The van der Waals surface area contributed by atoms with Gasteiger partial charge >= 0.3 is 0 Å². The van der Waals surface area contributed by atoms with Gasteiger partial charge < -0.3 is 9.84 Å². The molecule has 1 amide bonds. The van der Waals surface area contributed by atoms with Crippen molar-refractivity contribution in [2.45, 2.75) is 13.0 Å². The molecule has 0 spiro atoms. The average molecular weight is 310 g/mol. The third-order valence-corrected chi connectivity index (χ3v) is 3.46. The molecule has 1 unspecified atom stereocenters. The Morgan fingerprint density at radius 2 is 1.74 bits per heavy atom. The van der Waals surface area contributed by atoms with Crippen molar-refractivity contribution in [3.63, 3.8) is 0 Å². The van der Waals surface area contributed by atoms with Crippen molar-refractivity contribution in [3.05, 3.63) is 89.1 Å². The molecule has 0 fully saturated rings. The molecule has 23 heavy (non-hydrogen) atoms. The Balaban J connectivity index is 1.92. The summed E-state index contributed by atoms with van der Waals surface area (Å²) in [5.41, 5.74) is 2.30. The molecule has 5 heteroatoms. The minimum Gasteiger partial charge on any atom is -0.351 e. The number of halogens is 1. The van der Waals surface area contributed by atoms with Crippen molar-refractivity contribution in [1.82, 2.24) is 10.5 Å². The lowest BCUT2D eigenvalue weighted by atomic mass is 9.98. The number of hydrogen-bond donors (Lipinski definition) is 1. The van der Waals surface area contributed by atoms with Crippen molar-refractivity contribution < 1.29 is 13.7 Å². The molecule has 0 bridgehead atoms. The zero-order valence-electron chi connectivity index (χ0n) is 12.5. The number of nitrogens with zero attached hydrogens (tertiary/aromatic N) is 1. The van der Waals surface area contributed by atoms with E-state index in [1.54, 1.807) is 25.1 Å². The van der Waals surface area contributed by atoms with Crippen LogP contribution >= 0.6 is 0 Å². The fourth-order valence-corrected chi connectivity index (χ4v) is 2.33. The molecule has 0 aliphatic heterocycles. The number of carbonyl (C=O) groups is 1. The second-order valence-corrected chi connectivity index (χ2v) is 5.20. The Labute approximate surface area is 132 Å². The summed E-state index contributed by atoms with van der Waals surface area (Å²) in [4.78, 5) is 12.4. The Kier molecular flexibility index (Phi) is 4.19. The maximum absolute atomic E-state index is 13.2. The lowest BCUT2D eigenvalue weighted by molar-refractivity contribution is 0.0905. The topological polar surface area (TPSA) is 55.1 Å². The third-order valence-electron chi connectivity index (χ3n) is 3.46. The maximum Gasteiger partial charge on any atom is 0.290 e. The fourth-order valence-electron chi connectivity index (χ4n) is 2.33. The quantitative estimate of drug-likeness (QED) is 0.800. The van der Waals surface area contributed by atoms with Gasteiger partial charge in [0.2, 0.25) is 5.76 Å². The molecule has 1 heterocycles. The normalized spacial score (nSPS) is 11.9. The molecule has 0 saturated carbocycles. The summed E-state index contributed by atoms with van der Waals surface area (Å²) in [6, 6.07) is 16.7. The summed E-state index contributed by atoms with van der Waals surface area (Å²) in [5, 5.41) is 6.62. The molecular weight excluding hydrogens is 295 g/mol. The SMILES string of the molecule is Cc1cc(C(=O)NC(c2ccccc2)c2ccc(F)cc2)on1. The summed E-state index contributed by atoms with van der Waals surface area (Å²) < 4.78 is 18.2. The van der Waals surface area contributed by atoms with Crippen LogP contribution in [-0.4, -0.2) is 11.1 Å². The van der Waals surface area contributed by atoms with Crippen LogP contribution in [0.4, 0.5) is 4.39 Å². The van der Waals surface area contributed by atoms with Gasteiger partial charge in [-0.3, -0.25) is 4.79 Å². The van der Waals surface area contributed by atoms with Crippen molar-refractivity contribution in [1.29, 1.82) is 0 Å². The first-order valence-corrected chi connectivity index (χ1v) is 7.18. The molecule has 1 aromatic heterocycles. The maximum atomic E-state index is 13.2. The number of hydrogen-bond acceptors (Lipinski definition) is 3. The van der Waals surface area contributed by atoms with Gasteiger partial charge in [0.15, 0.2) is 0 Å². The van der Waals surface area contributed by atoms with Crippen LogP contribution in [-0.2, 0) is 0 Å². The molecule has 0 radical (unpaired) electrons. The number of carbonyl (C=O) groups excluding carboxylic acids is 1. The van der Waals surface area contributed by atoms with E-state index in [1.807, 2.05) is 30.3 Å². The van der Waals surface area contributed by atoms with Crippen molar-refractivity contribution in [2.24, 2.45) is 0 Å². The van der Waals surface area contributed by atoms with Gasteiger partial charge in [0.25, 0.3) is 5.91 Å². The number of rotatable bonds is 4. The van der Waals surface area contributed by atoms with Crippen molar-refractivity contribution >= 4 is 5.91 Å². The number of aryl methyl sites for hydroxylation is 1. The molecule has 2 aromatic carbocycles. The van der Waals surface area contributed by atoms with Crippen LogP contribution in [0.15, 0.2) is 65.2 Å². The zero-order valence-corrected chi connectivity index (χ0v) is 12.5. The molecular formula is C18H15FN2O2. The van der Waals surface area contributed by atoms with Crippen LogP contribution < -0.4 is 5.32 Å². The minimum atomic E-state index is -0.408. The van der Waals surface area contributed by atoms with E-state index in [1.165, 1.54) is 12.1 Å². The van der Waals surface area contributed by atoms with Crippen LogP contribution in [0.3, 0.4) is 0 Å². The van der Waals surface area contributed by atoms with Crippen LogP contribution in [0.5, 0.6) is 0 Å². The number of benzene rings is 2. The molecule has 4 nitrogen and oxygen atoms in total. The fraction of sp³-hybridized carbons (Fsp3) is 0.111. The van der Waals surface area contributed by atoms with Crippen LogP contribution in [0.1, 0.15) is 33.4 Å². The van der Waals surface area contributed by atoms with E-state index in [2.05, 4.69) is 10.5 Å². The first-order valence-electron chi connectivity index (χ1n) is 7.18. The van der Waals surface area contributed by atoms with Gasteiger partial charge in [0, 0.05) is 6.07 Å². The Morgan fingerprint density at radius 3 is 2.35 bits per heavy atom. The molecule has 1 N–H and O–H groups in total. The molecule has 3 rings (SSSR count). The minimum absolute atomic E-state index is 0.144. The molecule has 3 aromatic rings. The smallest absolute Gasteiger partial charge is 0.290 e. The second-order valence-electron chi connectivity index (χ2n) is 5.20. The monoisotopic (exact) mass is 310 g/mol. The van der Waals surface area contributed by atoms with Crippen molar-refractivity contribution in [3.8, 4) is 0 Å². The van der Waals surface area contributed by atoms with Crippen LogP contribution in [0.25, 0.3) is 0 Å². The Bertz CT molecular complexity index is 797. The Hall–Kier alpha value is -2.95. The lowest BCUT2D eigenvalue weighted by Gasteiger charge is -2.19. The van der Waals surface area contributed by atoms with E-state index >= 15 is 0 Å². The van der Waals surface area contributed by atoms with E-state index in [4.69, 9.17) is 4.52 Å². The van der Waals surface area contributed by atoms with E-state index in [9.17, 15) is 9.18 Å². The third kappa shape index (κ3) is 3.45. The first kappa shape index (κ1) is 15.0. The van der Waals surface area contributed by atoms with Gasteiger partial charge in [0.05, 0.1) is 11.7 Å². The van der Waals surface area contributed by atoms with Gasteiger partial charge in [-0.1, -0.05) is 47.6 Å². The lowest BCUT2D eigenvalue weighted by Crippen LogP contribution is -2.29. The standard InChI is InChI=1S/C18H15FN2O2/c1-12-11-16(23-21-12)18(22)20-17(13-5-3-2-4-6-13)14-7-9-15(19)10-8-14/h2-11,17H,1H3,(H,20,22).